The maximum absolute atomic E-state index is 10.6. The summed E-state index contributed by atoms with van der Waals surface area (Å²) >= 11 is 5.42. The van der Waals surface area contributed by atoms with Crippen molar-refractivity contribution in [3.8, 4) is 5.75 Å². The maximum Gasteiger partial charge on any atom is 0.335 e. The predicted molar refractivity (Wildman–Crippen MR) is 61.4 cm³/mol. The van der Waals surface area contributed by atoms with Crippen LogP contribution in [0.5, 0.6) is 5.75 Å². The van der Waals surface area contributed by atoms with Gasteiger partial charge in [-0.2, -0.15) is 0 Å². The summed E-state index contributed by atoms with van der Waals surface area (Å²) in [5.41, 5.74) is -0.0158. The molecule has 6 heteroatoms. The third-order valence-corrected chi connectivity index (χ3v) is 2.58. The normalized spacial score (nSPS) is 14.3. The minimum atomic E-state index is -1.29. The zero-order valence-corrected chi connectivity index (χ0v) is 9.63. The predicted octanol–water partition coefficient (Wildman–Crippen LogP) is 1.11. The number of benzene rings is 1. The fourth-order valence-corrected chi connectivity index (χ4v) is 1.63. The molecule has 0 saturated carbocycles. The average molecular weight is 261 g/mol. The lowest BCUT2D eigenvalue weighted by atomic mass is 10.00. The van der Waals surface area contributed by atoms with Crippen LogP contribution in [0.4, 0.5) is 0 Å². The largest absolute Gasteiger partial charge is 0.508 e. The number of phenolic OH excluding ortho intramolecular Hbond substituents is 1. The van der Waals surface area contributed by atoms with Crippen LogP contribution in [0.15, 0.2) is 18.2 Å². The summed E-state index contributed by atoms with van der Waals surface area (Å²) in [5, 5.41) is 37.5. The van der Waals surface area contributed by atoms with E-state index < -0.39 is 18.2 Å². The van der Waals surface area contributed by atoms with E-state index in [2.05, 4.69) is 0 Å². The molecule has 0 radical (unpaired) electrons. The summed E-state index contributed by atoms with van der Waals surface area (Å²) in [4.78, 5) is 10.6. The Morgan fingerprint density at radius 3 is 2.47 bits per heavy atom. The van der Waals surface area contributed by atoms with Gasteiger partial charge in [0.05, 0.1) is 11.7 Å². The zero-order chi connectivity index (χ0) is 13.0. The standard InChI is InChI=1S/C11H13ClO5/c12-4-3-8(13)10(15)7-2-1-6(11(16)17)5-9(7)14/h1-2,5,8,10,13-15H,3-4H2,(H,16,17). The number of carbonyl (C=O) groups is 1. The molecule has 94 valence electrons. The van der Waals surface area contributed by atoms with Gasteiger partial charge < -0.3 is 20.4 Å². The Kier molecular flexibility index (Phi) is 4.74. The van der Waals surface area contributed by atoms with Gasteiger partial charge in [0, 0.05) is 11.4 Å². The smallest absolute Gasteiger partial charge is 0.335 e. The Bertz CT molecular complexity index is 407. The SMILES string of the molecule is O=C(O)c1ccc(C(O)C(O)CCCl)c(O)c1. The molecular formula is C11H13ClO5. The number of aromatic carboxylic acids is 1. The molecule has 1 aromatic carbocycles. The summed E-state index contributed by atoms with van der Waals surface area (Å²) in [6.07, 6.45) is -2.23. The molecule has 0 amide bonds. The van der Waals surface area contributed by atoms with Gasteiger partial charge in [0.1, 0.15) is 11.9 Å². The van der Waals surface area contributed by atoms with Gasteiger partial charge in [-0.05, 0) is 18.6 Å². The first-order chi connectivity index (χ1) is 7.97. The second-order valence-electron chi connectivity index (χ2n) is 3.57. The van der Waals surface area contributed by atoms with Crippen molar-refractivity contribution in [1.29, 1.82) is 0 Å². The second-order valence-corrected chi connectivity index (χ2v) is 3.95. The van der Waals surface area contributed by atoms with Crippen LogP contribution < -0.4 is 0 Å². The lowest BCUT2D eigenvalue weighted by Crippen LogP contribution is -2.18. The summed E-state index contributed by atoms with van der Waals surface area (Å²) < 4.78 is 0. The molecule has 2 atom stereocenters. The highest BCUT2D eigenvalue weighted by atomic mass is 35.5. The fraction of sp³-hybridized carbons (Fsp3) is 0.364. The molecule has 0 fully saturated rings. The van der Waals surface area contributed by atoms with E-state index in [1.165, 1.54) is 12.1 Å². The number of aliphatic hydroxyl groups is 2. The molecule has 0 saturated heterocycles. The van der Waals surface area contributed by atoms with Gasteiger partial charge in [-0.1, -0.05) is 6.07 Å². The summed E-state index contributed by atoms with van der Waals surface area (Å²) in [7, 11) is 0. The van der Waals surface area contributed by atoms with Crippen molar-refractivity contribution in [1.82, 2.24) is 0 Å². The van der Waals surface area contributed by atoms with Gasteiger partial charge in [-0.15, -0.1) is 11.6 Å². The van der Waals surface area contributed by atoms with E-state index in [1.54, 1.807) is 0 Å². The Labute approximate surface area is 103 Å². The average Bonchev–Trinajstić information content (AvgIpc) is 2.28. The maximum atomic E-state index is 10.6. The van der Waals surface area contributed by atoms with Gasteiger partial charge in [0.25, 0.3) is 0 Å². The van der Waals surface area contributed by atoms with Crippen molar-refractivity contribution in [3.05, 3.63) is 29.3 Å². The molecule has 0 aliphatic rings. The molecule has 0 aliphatic carbocycles. The molecule has 0 bridgehead atoms. The first kappa shape index (κ1) is 13.8. The monoisotopic (exact) mass is 260 g/mol. The molecule has 0 spiro atoms. The van der Waals surface area contributed by atoms with Gasteiger partial charge >= 0.3 is 5.97 Å². The molecule has 4 N–H and O–H groups in total. The van der Waals surface area contributed by atoms with Crippen LogP contribution in [0.2, 0.25) is 0 Å². The molecule has 0 aromatic heterocycles. The Hall–Kier alpha value is -1.30. The van der Waals surface area contributed by atoms with Crippen molar-refractivity contribution in [2.45, 2.75) is 18.6 Å². The van der Waals surface area contributed by atoms with Gasteiger partial charge in [-0.3, -0.25) is 0 Å². The van der Waals surface area contributed by atoms with Crippen LogP contribution >= 0.6 is 11.6 Å². The number of aromatic hydroxyl groups is 1. The fourth-order valence-electron chi connectivity index (χ4n) is 1.40. The molecule has 0 heterocycles. The van der Waals surface area contributed by atoms with Gasteiger partial charge in [0.2, 0.25) is 0 Å². The number of aliphatic hydroxyl groups excluding tert-OH is 2. The van der Waals surface area contributed by atoms with E-state index in [1.807, 2.05) is 0 Å². The van der Waals surface area contributed by atoms with Crippen molar-refractivity contribution >= 4 is 17.6 Å². The highest BCUT2D eigenvalue weighted by molar-refractivity contribution is 6.17. The molecule has 1 rings (SSSR count). The second kappa shape index (κ2) is 5.86. The van der Waals surface area contributed by atoms with Crippen molar-refractivity contribution in [2.75, 3.05) is 5.88 Å². The van der Waals surface area contributed by atoms with E-state index in [9.17, 15) is 20.1 Å². The summed E-state index contributed by atoms with van der Waals surface area (Å²) in [5.74, 6) is -1.37. The van der Waals surface area contributed by atoms with Crippen molar-refractivity contribution < 1.29 is 25.2 Å². The zero-order valence-electron chi connectivity index (χ0n) is 8.88. The molecule has 2 unspecified atom stereocenters. The van der Waals surface area contributed by atoms with E-state index in [0.717, 1.165) is 6.07 Å². The Morgan fingerprint density at radius 2 is 2.00 bits per heavy atom. The van der Waals surface area contributed by atoms with Crippen molar-refractivity contribution in [3.63, 3.8) is 0 Å². The Balaban J connectivity index is 2.95. The van der Waals surface area contributed by atoms with E-state index >= 15 is 0 Å². The Morgan fingerprint density at radius 1 is 1.35 bits per heavy atom. The van der Waals surface area contributed by atoms with Gasteiger partial charge in [-0.25, -0.2) is 4.79 Å². The number of hydrogen-bond donors (Lipinski definition) is 4. The number of alkyl halides is 1. The lowest BCUT2D eigenvalue weighted by Gasteiger charge is -2.18. The molecule has 5 nitrogen and oxygen atoms in total. The summed E-state index contributed by atoms with van der Waals surface area (Å²) in [6.45, 7) is 0. The minimum absolute atomic E-state index is 0.0765. The quantitative estimate of drug-likeness (QED) is 0.595. The third-order valence-electron chi connectivity index (χ3n) is 2.37. The van der Waals surface area contributed by atoms with Crippen LogP contribution in [0, 0.1) is 0 Å². The lowest BCUT2D eigenvalue weighted by molar-refractivity contribution is 0.0156. The van der Waals surface area contributed by atoms with Gasteiger partial charge in [0.15, 0.2) is 0 Å². The molecule has 1 aromatic rings. The summed E-state index contributed by atoms with van der Waals surface area (Å²) in [6, 6.07) is 3.53. The van der Waals surface area contributed by atoms with Crippen LogP contribution in [0.25, 0.3) is 0 Å². The van der Waals surface area contributed by atoms with Crippen LogP contribution in [-0.2, 0) is 0 Å². The van der Waals surface area contributed by atoms with E-state index in [-0.39, 0.29) is 29.2 Å². The molecule has 17 heavy (non-hydrogen) atoms. The highest BCUT2D eigenvalue weighted by Crippen LogP contribution is 2.28. The number of halogens is 1. The topological polar surface area (TPSA) is 98.0 Å². The van der Waals surface area contributed by atoms with Crippen LogP contribution in [0.3, 0.4) is 0 Å². The third kappa shape index (κ3) is 3.33. The van der Waals surface area contributed by atoms with Crippen LogP contribution in [0.1, 0.15) is 28.4 Å². The highest BCUT2D eigenvalue weighted by Gasteiger charge is 2.21. The van der Waals surface area contributed by atoms with E-state index in [4.69, 9.17) is 16.7 Å². The number of rotatable bonds is 5. The molecular weight excluding hydrogens is 248 g/mol. The number of hydrogen-bond acceptors (Lipinski definition) is 4. The number of carboxylic acid groups (broad SMARTS) is 1. The minimum Gasteiger partial charge on any atom is -0.508 e. The number of phenols is 1. The van der Waals surface area contributed by atoms with E-state index in [0.29, 0.717) is 0 Å². The number of carboxylic acids is 1. The first-order valence-electron chi connectivity index (χ1n) is 4.95. The van der Waals surface area contributed by atoms with Crippen LogP contribution in [-0.4, -0.2) is 38.4 Å². The molecule has 0 aliphatic heterocycles. The first-order valence-corrected chi connectivity index (χ1v) is 5.49. The van der Waals surface area contributed by atoms with Crippen molar-refractivity contribution in [2.24, 2.45) is 0 Å².